The lowest BCUT2D eigenvalue weighted by atomic mass is 10.4. The van der Waals surface area contributed by atoms with E-state index in [4.69, 9.17) is 0 Å². The largest absolute Gasteiger partial charge is 0.305 e. The van der Waals surface area contributed by atoms with Crippen molar-refractivity contribution < 1.29 is 4.79 Å². The van der Waals surface area contributed by atoms with Crippen molar-refractivity contribution in [1.82, 2.24) is 14.5 Å². The van der Waals surface area contributed by atoms with Crippen LogP contribution < -0.4 is 0 Å². The summed E-state index contributed by atoms with van der Waals surface area (Å²) < 4.78 is 1.77. The molecule has 0 saturated heterocycles. The van der Waals surface area contributed by atoms with Crippen molar-refractivity contribution in [2.75, 3.05) is 0 Å². The standard InChI is InChI=1S/C9H7N3O/c13-6-8-5-12(7-11-8)9-1-3-10-4-2-9/h1-7H. The van der Waals surface area contributed by atoms with Gasteiger partial charge in [0.15, 0.2) is 6.29 Å². The summed E-state index contributed by atoms with van der Waals surface area (Å²) >= 11 is 0. The molecule has 2 rings (SSSR count). The topological polar surface area (TPSA) is 47.8 Å². The van der Waals surface area contributed by atoms with Gasteiger partial charge in [-0.2, -0.15) is 0 Å². The Morgan fingerprint density at radius 2 is 2.08 bits per heavy atom. The highest BCUT2D eigenvalue weighted by Crippen LogP contribution is 2.05. The van der Waals surface area contributed by atoms with E-state index >= 15 is 0 Å². The maximum atomic E-state index is 10.4. The number of pyridine rings is 1. The van der Waals surface area contributed by atoms with E-state index in [0.29, 0.717) is 5.69 Å². The molecule has 0 unspecified atom stereocenters. The number of carbonyl (C=O) groups is 1. The number of aldehydes is 1. The van der Waals surface area contributed by atoms with Gasteiger partial charge in [0, 0.05) is 24.3 Å². The van der Waals surface area contributed by atoms with Crippen LogP contribution in [0.3, 0.4) is 0 Å². The zero-order chi connectivity index (χ0) is 9.10. The monoisotopic (exact) mass is 173 g/mol. The van der Waals surface area contributed by atoms with Crippen LogP contribution in [-0.4, -0.2) is 20.8 Å². The molecule has 0 aliphatic heterocycles. The van der Waals surface area contributed by atoms with Crippen molar-refractivity contribution in [2.24, 2.45) is 0 Å². The SMILES string of the molecule is O=Cc1cn(-c2ccncc2)cn1. The van der Waals surface area contributed by atoms with E-state index in [1.165, 1.54) is 0 Å². The predicted molar refractivity (Wildman–Crippen MR) is 46.7 cm³/mol. The Labute approximate surface area is 74.9 Å². The van der Waals surface area contributed by atoms with Crippen molar-refractivity contribution in [3.05, 3.63) is 42.7 Å². The Morgan fingerprint density at radius 1 is 1.31 bits per heavy atom. The van der Waals surface area contributed by atoms with E-state index in [9.17, 15) is 4.79 Å². The second-order valence-electron chi connectivity index (χ2n) is 2.53. The van der Waals surface area contributed by atoms with Gasteiger partial charge in [-0.3, -0.25) is 9.78 Å². The van der Waals surface area contributed by atoms with E-state index < -0.39 is 0 Å². The van der Waals surface area contributed by atoms with Crippen molar-refractivity contribution in [2.45, 2.75) is 0 Å². The van der Waals surface area contributed by atoms with Crippen molar-refractivity contribution in [3.63, 3.8) is 0 Å². The predicted octanol–water partition coefficient (Wildman–Crippen LogP) is 1.08. The van der Waals surface area contributed by atoms with Gasteiger partial charge < -0.3 is 4.57 Å². The fourth-order valence-corrected chi connectivity index (χ4v) is 1.06. The van der Waals surface area contributed by atoms with Gasteiger partial charge in [0.05, 0.1) is 0 Å². The molecule has 2 aromatic rings. The molecule has 0 N–H and O–H groups in total. The Bertz CT molecular complexity index is 408. The van der Waals surface area contributed by atoms with E-state index in [1.807, 2.05) is 12.1 Å². The van der Waals surface area contributed by atoms with Gasteiger partial charge in [-0.15, -0.1) is 0 Å². The molecule has 0 spiro atoms. The third-order valence-electron chi connectivity index (χ3n) is 1.68. The number of rotatable bonds is 2. The molecule has 2 aromatic heterocycles. The molecular formula is C9H7N3O. The van der Waals surface area contributed by atoms with Gasteiger partial charge in [0.2, 0.25) is 0 Å². The van der Waals surface area contributed by atoms with Crippen molar-refractivity contribution in [3.8, 4) is 5.69 Å². The smallest absolute Gasteiger partial charge is 0.170 e. The Morgan fingerprint density at radius 3 is 2.69 bits per heavy atom. The van der Waals surface area contributed by atoms with Gasteiger partial charge in [-0.1, -0.05) is 0 Å². The summed E-state index contributed by atoms with van der Waals surface area (Å²) in [5, 5.41) is 0. The van der Waals surface area contributed by atoms with Crippen LogP contribution in [0.25, 0.3) is 5.69 Å². The highest BCUT2D eigenvalue weighted by Gasteiger charge is 1.97. The van der Waals surface area contributed by atoms with E-state index in [1.54, 1.807) is 29.5 Å². The molecule has 4 nitrogen and oxygen atoms in total. The minimum Gasteiger partial charge on any atom is -0.305 e. The molecule has 0 aromatic carbocycles. The summed E-state index contributed by atoms with van der Waals surface area (Å²) in [6.45, 7) is 0. The van der Waals surface area contributed by atoms with Crippen LogP contribution in [0.1, 0.15) is 10.5 Å². The first-order chi connectivity index (χ1) is 6.40. The second-order valence-corrected chi connectivity index (χ2v) is 2.53. The maximum absolute atomic E-state index is 10.4. The molecule has 0 amide bonds. The molecule has 0 aliphatic rings. The third-order valence-corrected chi connectivity index (χ3v) is 1.68. The molecule has 0 bridgehead atoms. The molecule has 0 aliphatic carbocycles. The Hall–Kier alpha value is -1.97. The summed E-state index contributed by atoms with van der Waals surface area (Å²) in [7, 11) is 0. The first-order valence-electron chi connectivity index (χ1n) is 3.80. The number of imidazole rings is 1. The highest BCUT2D eigenvalue weighted by atomic mass is 16.1. The van der Waals surface area contributed by atoms with Crippen molar-refractivity contribution >= 4 is 6.29 Å². The second kappa shape index (κ2) is 3.18. The molecule has 0 saturated carbocycles. The quantitative estimate of drug-likeness (QED) is 0.638. The van der Waals surface area contributed by atoms with E-state index in [0.717, 1.165) is 12.0 Å². The fourth-order valence-electron chi connectivity index (χ4n) is 1.06. The van der Waals surface area contributed by atoms with Gasteiger partial charge in [-0.25, -0.2) is 4.98 Å². The normalized spacial score (nSPS) is 9.85. The average molecular weight is 173 g/mol. The lowest BCUT2D eigenvalue weighted by Gasteiger charge is -1.98. The van der Waals surface area contributed by atoms with Crippen LogP contribution in [0, 0.1) is 0 Å². The van der Waals surface area contributed by atoms with Crippen LogP contribution in [0.5, 0.6) is 0 Å². The number of carbonyl (C=O) groups excluding carboxylic acids is 1. The summed E-state index contributed by atoms with van der Waals surface area (Å²) in [6.07, 6.45) is 7.37. The van der Waals surface area contributed by atoms with Gasteiger partial charge in [0.1, 0.15) is 12.0 Å². The third kappa shape index (κ3) is 1.46. The molecule has 4 heteroatoms. The minimum absolute atomic E-state index is 0.428. The lowest BCUT2D eigenvalue weighted by molar-refractivity contribution is 0.111. The van der Waals surface area contributed by atoms with Crippen LogP contribution in [-0.2, 0) is 0 Å². The first kappa shape index (κ1) is 7.67. The zero-order valence-corrected chi connectivity index (χ0v) is 6.79. The number of nitrogens with zero attached hydrogens (tertiary/aromatic N) is 3. The van der Waals surface area contributed by atoms with E-state index in [-0.39, 0.29) is 0 Å². The molecule has 0 radical (unpaired) electrons. The Kier molecular flexibility index (Phi) is 1.88. The van der Waals surface area contributed by atoms with E-state index in [2.05, 4.69) is 9.97 Å². The Balaban J connectivity index is 2.41. The van der Waals surface area contributed by atoms with Gasteiger partial charge >= 0.3 is 0 Å². The van der Waals surface area contributed by atoms with Crippen molar-refractivity contribution in [1.29, 1.82) is 0 Å². The van der Waals surface area contributed by atoms with Crippen LogP contribution in [0.4, 0.5) is 0 Å². The first-order valence-corrected chi connectivity index (χ1v) is 3.80. The van der Waals surface area contributed by atoms with Crippen LogP contribution >= 0.6 is 0 Å². The fraction of sp³-hybridized carbons (Fsp3) is 0. The number of hydrogen-bond acceptors (Lipinski definition) is 3. The summed E-state index contributed by atoms with van der Waals surface area (Å²) in [5.74, 6) is 0. The number of hydrogen-bond donors (Lipinski definition) is 0. The molecule has 2 heterocycles. The molecule has 0 fully saturated rings. The summed E-state index contributed by atoms with van der Waals surface area (Å²) in [4.78, 5) is 18.1. The maximum Gasteiger partial charge on any atom is 0.170 e. The lowest BCUT2D eigenvalue weighted by Crippen LogP contribution is -1.88. The summed E-state index contributed by atoms with van der Waals surface area (Å²) in [6, 6.07) is 3.69. The van der Waals surface area contributed by atoms with Gasteiger partial charge in [-0.05, 0) is 12.1 Å². The van der Waals surface area contributed by atoms with Crippen LogP contribution in [0.15, 0.2) is 37.1 Å². The summed E-state index contributed by atoms with van der Waals surface area (Å²) in [5.41, 5.74) is 1.37. The molecule has 13 heavy (non-hydrogen) atoms. The molecular weight excluding hydrogens is 166 g/mol. The highest BCUT2D eigenvalue weighted by molar-refractivity contribution is 5.71. The number of aromatic nitrogens is 3. The van der Waals surface area contributed by atoms with Crippen LogP contribution in [0.2, 0.25) is 0 Å². The average Bonchev–Trinajstić information content (AvgIpc) is 2.67. The minimum atomic E-state index is 0.428. The zero-order valence-electron chi connectivity index (χ0n) is 6.79. The van der Waals surface area contributed by atoms with Gasteiger partial charge in [0.25, 0.3) is 0 Å². The molecule has 64 valence electrons. The molecule has 0 atom stereocenters.